The van der Waals surface area contributed by atoms with Crippen LogP contribution in [-0.4, -0.2) is 19.2 Å². The maximum absolute atomic E-state index is 5.10. The molecule has 0 amide bonds. The maximum Gasteiger partial charge on any atom is 0.200 e. The van der Waals surface area contributed by atoms with Gasteiger partial charge in [0.1, 0.15) is 5.69 Å². The van der Waals surface area contributed by atoms with Crippen molar-refractivity contribution in [1.82, 2.24) is 4.98 Å². The molecule has 0 aromatic carbocycles. The second kappa shape index (κ2) is 5.32. The summed E-state index contributed by atoms with van der Waals surface area (Å²) in [5.41, 5.74) is 1.82. The van der Waals surface area contributed by atoms with Gasteiger partial charge in [-0.3, -0.25) is 0 Å². The van der Waals surface area contributed by atoms with Crippen LogP contribution in [0.2, 0.25) is 0 Å². The zero-order valence-corrected chi connectivity index (χ0v) is 9.17. The summed E-state index contributed by atoms with van der Waals surface area (Å²) in [6, 6.07) is 3.70. The van der Waals surface area contributed by atoms with Crippen LogP contribution in [-0.2, 0) is 14.8 Å². The van der Waals surface area contributed by atoms with E-state index in [1.165, 1.54) is 0 Å². The van der Waals surface area contributed by atoms with Gasteiger partial charge in [-0.15, -0.1) is 0 Å². The number of ether oxygens (including phenoxy) is 2. The van der Waals surface area contributed by atoms with Gasteiger partial charge < -0.3 is 9.47 Å². The number of halogens is 1. The van der Waals surface area contributed by atoms with Crippen molar-refractivity contribution in [1.29, 1.82) is 0 Å². The molecule has 0 spiro atoms. The van der Waals surface area contributed by atoms with Gasteiger partial charge in [-0.05, 0) is 11.6 Å². The van der Waals surface area contributed by atoms with Gasteiger partial charge >= 0.3 is 0 Å². The predicted molar refractivity (Wildman–Crippen MR) is 52.5 cm³/mol. The zero-order valence-electron chi connectivity index (χ0n) is 7.58. The SMILES string of the molecule is COC(OC)c1n[c]ccc1CBr. The van der Waals surface area contributed by atoms with E-state index in [4.69, 9.17) is 9.47 Å². The molecule has 1 aromatic heterocycles. The molecule has 1 rings (SSSR count). The molecule has 1 aromatic rings. The fourth-order valence-electron chi connectivity index (χ4n) is 1.04. The molecule has 0 unspecified atom stereocenters. The first kappa shape index (κ1) is 10.6. The van der Waals surface area contributed by atoms with Crippen LogP contribution < -0.4 is 0 Å². The van der Waals surface area contributed by atoms with E-state index in [0.29, 0.717) is 0 Å². The third kappa shape index (κ3) is 2.49. The largest absolute Gasteiger partial charge is 0.350 e. The molecule has 0 atom stereocenters. The molecule has 0 aliphatic rings. The highest BCUT2D eigenvalue weighted by Crippen LogP contribution is 2.20. The van der Waals surface area contributed by atoms with Gasteiger partial charge in [0.05, 0.1) is 6.20 Å². The van der Waals surface area contributed by atoms with E-state index < -0.39 is 6.29 Å². The van der Waals surface area contributed by atoms with E-state index in [-0.39, 0.29) is 0 Å². The molecule has 4 heteroatoms. The first-order valence-electron chi connectivity index (χ1n) is 3.81. The smallest absolute Gasteiger partial charge is 0.200 e. The Bertz CT molecular complexity index is 264. The quantitative estimate of drug-likeness (QED) is 0.601. The van der Waals surface area contributed by atoms with E-state index in [1.54, 1.807) is 20.3 Å². The summed E-state index contributed by atoms with van der Waals surface area (Å²) in [5.74, 6) is 0. The van der Waals surface area contributed by atoms with Crippen LogP contribution in [0.4, 0.5) is 0 Å². The molecule has 1 radical (unpaired) electrons. The van der Waals surface area contributed by atoms with Crippen LogP contribution >= 0.6 is 15.9 Å². The molecule has 13 heavy (non-hydrogen) atoms. The lowest BCUT2D eigenvalue weighted by molar-refractivity contribution is -0.109. The van der Waals surface area contributed by atoms with Crippen molar-refractivity contribution in [2.45, 2.75) is 11.6 Å². The van der Waals surface area contributed by atoms with Crippen LogP contribution in [0.5, 0.6) is 0 Å². The summed E-state index contributed by atoms with van der Waals surface area (Å²) in [6.07, 6.45) is 2.34. The van der Waals surface area contributed by atoms with E-state index in [9.17, 15) is 0 Å². The lowest BCUT2D eigenvalue weighted by Gasteiger charge is -2.14. The molecule has 0 N–H and O–H groups in total. The van der Waals surface area contributed by atoms with Crippen LogP contribution in [0, 0.1) is 6.20 Å². The minimum atomic E-state index is -0.412. The summed E-state index contributed by atoms with van der Waals surface area (Å²) in [4.78, 5) is 4.09. The molecular formula is C9H11BrNO2. The van der Waals surface area contributed by atoms with E-state index in [0.717, 1.165) is 16.6 Å². The number of rotatable bonds is 4. The Morgan fingerprint density at radius 2 is 2.23 bits per heavy atom. The normalized spacial score (nSPS) is 10.8. The molecular weight excluding hydrogens is 234 g/mol. The van der Waals surface area contributed by atoms with Crippen molar-refractivity contribution in [3.05, 3.63) is 29.6 Å². The topological polar surface area (TPSA) is 31.4 Å². The summed E-state index contributed by atoms with van der Waals surface area (Å²) < 4.78 is 10.2. The Balaban J connectivity index is 2.96. The number of hydrogen-bond acceptors (Lipinski definition) is 3. The van der Waals surface area contributed by atoms with Crippen molar-refractivity contribution in [3.63, 3.8) is 0 Å². The average molecular weight is 245 g/mol. The molecule has 0 bridgehead atoms. The van der Waals surface area contributed by atoms with Crippen LogP contribution in [0.25, 0.3) is 0 Å². The van der Waals surface area contributed by atoms with E-state index >= 15 is 0 Å². The lowest BCUT2D eigenvalue weighted by Crippen LogP contribution is -2.08. The summed E-state index contributed by atoms with van der Waals surface area (Å²) >= 11 is 3.37. The van der Waals surface area contributed by atoms with Crippen molar-refractivity contribution in [3.8, 4) is 0 Å². The van der Waals surface area contributed by atoms with Gasteiger partial charge in [0.15, 0.2) is 0 Å². The monoisotopic (exact) mass is 244 g/mol. The maximum atomic E-state index is 5.10. The van der Waals surface area contributed by atoms with Gasteiger partial charge in [0.25, 0.3) is 0 Å². The third-order valence-corrected chi connectivity index (χ3v) is 2.27. The van der Waals surface area contributed by atoms with Crippen molar-refractivity contribution < 1.29 is 9.47 Å². The number of aromatic nitrogens is 1. The molecule has 0 saturated carbocycles. The van der Waals surface area contributed by atoms with Gasteiger partial charge in [0, 0.05) is 19.5 Å². The Hall–Kier alpha value is -0.450. The van der Waals surface area contributed by atoms with Gasteiger partial charge in [0.2, 0.25) is 6.29 Å². The van der Waals surface area contributed by atoms with Crippen molar-refractivity contribution in [2.75, 3.05) is 14.2 Å². The molecule has 0 aliphatic heterocycles. The van der Waals surface area contributed by atoms with Crippen molar-refractivity contribution >= 4 is 15.9 Å². The highest BCUT2D eigenvalue weighted by atomic mass is 79.9. The molecule has 71 valence electrons. The zero-order chi connectivity index (χ0) is 9.68. The Morgan fingerprint density at radius 1 is 1.54 bits per heavy atom. The highest BCUT2D eigenvalue weighted by Gasteiger charge is 2.13. The molecule has 0 aliphatic carbocycles. The Kier molecular flexibility index (Phi) is 4.35. The number of alkyl halides is 1. The molecule has 3 nitrogen and oxygen atoms in total. The van der Waals surface area contributed by atoms with E-state index in [1.807, 2.05) is 6.07 Å². The van der Waals surface area contributed by atoms with Gasteiger partial charge in [-0.2, -0.15) is 0 Å². The number of pyridine rings is 1. The second-order valence-corrected chi connectivity index (χ2v) is 2.98. The standard InChI is InChI=1S/C9H11BrNO2/c1-12-9(13-2)8-7(6-10)4-3-5-11-8/h3-4,9H,6H2,1-2H3. The fraction of sp³-hybridized carbons (Fsp3) is 0.444. The summed E-state index contributed by atoms with van der Waals surface area (Å²) in [6.45, 7) is 0. The molecule has 1 heterocycles. The number of hydrogen-bond donors (Lipinski definition) is 0. The average Bonchev–Trinajstić information content (AvgIpc) is 2.20. The van der Waals surface area contributed by atoms with Gasteiger partial charge in [-0.1, -0.05) is 22.0 Å². The summed E-state index contributed by atoms with van der Waals surface area (Å²) in [5, 5.41) is 0.729. The summed E-state index contributed by atoms with van der Waals surface area (Å²) in [7, 11) is 3.17. The second-order valence-electron chi connectivity index (χ2n) is 2.42. The number of methoxy groups -OCH3 is 2. The molecule has 0 saturated heterocycles. The van der Waals surface area contributed by atoms with Crippen molar-refractivity contribution in [2.24, 2.45) is 0 Å². The molecule has 0 fully saturated rings. The minimum Gasteiger partial charge on any atom is -0.350 e. The van der Waals surface area contributed by atoms with Gasteiger partial charge in [-0.25, -0.2) is 4.98 Å². The van der Waals surface area contributed by atoms with Crippen LogP contribution in [0.15, 0.2) is 12.1 Å². The first-order valence-corrected chi connectivity index (χ1v) is 4.93. The Labute approximate surface area is 86.2 Å². The van der Waals surface area contributed by atoms with Crippen LogP contribution in [0.1, 0.15) is 17.5 Å². The third-order valence-electron chi connectivity index (χ3n) is 1.67. The Morgan fingerprint density at radius 3 is 2.77 bits per heavy atom. The predicted octanol–water partition coefficient (Wildman–Crippen LogP) is 2.07. The fourth-order valence-corrected chi connectivity index (χ4v) is 1.51. The highest BCUT2D eigenvalue weighted by molar-refractivity contribution is 9.08. The number of nitrogens with zero attached hydrogens (tertiary/aromatic N) is 1. The minimum absolute atomic E-state index is 0.412. The first-order chi connectivity index (χ1) is 6.33. The van der Waals surface area contributed by atoms with Crippen LogP contribution in [0.3, 0.4) is 0 Å². The lowest BCUT2D eigenvalue weighted by atomic mass is 10.2. The van der Waals surface area contributed by atoms with E-state index in [2.05, 4.69) is 27.1 Å².